The summed E-state index contributed by atoms with van der Waals surface area (Å²) in [5, 5.41) is 3.56. The van der Waals surface area contributed by atoms with Crippen molar-refractivity contribution in [1.29, 1.82) is 0 Å². The van der Waals surface area contributed by atoms with Gasteiger partial charge in [0.2, 0.25) is 15.9 Å². The highest BCUT2D eigenvalue weighted by molar-refractivity contribution is 7.92. The molecule has 0 aliphatic rings. The Morgan fingerprint density at radius 2 is 1.53 bits per heavy atom. The Kier molecular flexibility index (Phi) is 7.83. The monoisotopic (exact) mass is 470 g/mol. The molecule has 2 aromatic rings. The van der Waals surface area contributed by atoms with Crippen LogP contribution in [0.5, 0.6) is 0 Å². The number of amides is 1. The van der Waals surface area contributed by atoms with Crippen molar-refractivity contribution >= 4 is 44.8 Å². The van der Waals surface area contributed by atoms with Gasteiger partial charge in [0.15, 0.2) is 0 Å². The standard InChI is InChI=1S/C22H28Cl2N2O3S/c1-7-21(26(30(6,28)29)19-11-17(23)10-18(24)12-19)22(27)25-16(5)20-9-14(3)13(2)8-15(20)4/h8-12,16,21H,7H2,1-6H3,(H,25,27)/t16-,21-/m0/s1. The van der Waals surface area contributed by atoms with E-state index in [1.54, 1.807) is 6.92 Å². The third-order valence-electron chi connectivity index (χ3n) is 5.14. The van der Waals surface area contributed by atoms with Crippen LogP contribution in [0.4, 0.5) is 5.69 Å². The molecule has 0 saturated carbocycles. The van der Waals surface area contributed by atoms with Gasteiger partial charge in [0.1, 0.15) is 6.04 Å². The van der Waals surface area contributed by atoms with Crippen molar-refractivity contribution in [3.8, 4) is 0 Å². The third kappa shape index (κ3) is 5.68. The first-order valence-corrected chi connectivity index (χ1v) is 12.3. The van der Waals surface area contributed by atoms with Gasteiger partial charge < -0.3 is 5.32 Å². The fourth-order valence-corrected chi connectivity index (χ4v) is 5.27. The number of sulfonamides is 1. The van der Waals surface area contributed by atoms with E-state index in [1.807, 2.05) is 27.7 Å². The minimum absolute atomic E-state index is 0.256. The maximum atomic E-state index is 13.2. The summed E-state index contributed by atoms with van der Waals surface area (Å²) in [6.45, 7) is 9.72. The molecule has 30 heavy (non-hydrogen) atoms. The van der Waals surface area contributed by atoms with Crippen LogP contribution in [0.3, 0.4) is 0 Å². The van der Waals surface area contributed by atoms with E-state index in [-0.39, 0.29) is 24.1 Å². The summed E-state index contributed by atoms with van der Waals surface area (Å²) < 4.78 is 26.3. The Hall–Kier alpha value is -1.76. The van der Waals surface area contributed by atoms with Crippen molar-refractivity contribution in [3.63, 3.8) is 0 Å². The summed E-state index contributed by atoms with van der Waals surface area (Å²) in [6.07, 6.45) is 1.34. The minimum Gasteiger partial charge on any atom is -0.348 e. The lowest BCUT2D eigenvalue weighted by molar-refractivity contribution is -0.122. The summed E-state index contributed by atoms with van der Waals surface area (Å²) in [5.41, 5.74) is 4.64. The number of anilines is 1. The number of carbonyl (C=O) groups excluding carboxylic acids is 1. The van der Waals surface area contributed by atoms with E-state index in [1.165, 1.54) is 23.8 Å². The molecule has 1 amide bonds. The number of carbonyl (C=O) groups is 1. The molecule has 5 nitrogen and oxygen atoms in total. The van der Waals surface area contributed by atoms with E-state index in [2.05, 4.69) is 17.4 Å². The van der Waals surface area contributed by atoms with E-state index in [9.17, 15) is 13.2 Å². The lowest BCUT2D eigenvalue weighted by Gasteiger charge is -2.31. The number of aryl methyl sites for hydroxylation is 3. The molecule has 0 aliphatic carbocycles. The molecule has 0 fully saturated rings. The molecule has 0 aliphatic heterocycles. The lowest BCUT2D eigenvalue weighted by Crippen LogP contribution is -2.49. The van der Waals surface area contributed by atoms with Crippen LogP contribution in [-0.2, 0) is 14.8 Å². The Bertz CT molecular complexity index is 1030. The maximum Gasteiger partial charge on any atom is 0.244 e. The first kappa shape index (κ1) is 24.5. The zero-order valence-corrected chi connectivity index (χ0v) is 20.4. The molecular weight excluding hydrogens is 443 g/mol. The fourth-order valence-electron chi connectivity index (χ4n) is 3.56. The van der Waals surface area contributed by atoms with Gasteiger partial charge in [-0.15, -0.1) is 0 Å². The molecule has 0 radical (unpaired) electrons. The second-order valence-electron chi connectivity index (χ2n) is 7.63. The molecule has 2 atom stereocenters. The van der Waals surface area contributed by atoms with Gasteiger partial charge in [-0.3, -0.25) is 9.10 Å². The lowest BCUT2D eigenvalue weighted by atomic mass is 9.96. The van der Waals surface area contributed by atoms with Crippen molar-refractivity contribution in [1.82, 2.24) is 5.32 Å². The average molecular weight is 471 g/mol. The number of rotatable bonds is 7. The van der Waals surface area contributed by atoms with E-state index >= 15 is 0 Å². The Morgan fingerprint density at radius 3 is 2.03 bits per heavy atom. The van der Waals surface area contributed by atoms with Crippen LogP contribution in [0.2, 0.25) is 10.0 Å². The van der Waals surface area contributed by atoms with Gasteiger partial charge in [0, 0.05) is 10.0 Å². The molecule has 2 rings (SSSR count). The summed E-state index contributed by atoms with van der Waals surface area (Å²) in [6, 6.07) is 7.41. The molecule has 8 heteroatoms. The normalized spacial score (nSPS) is 13.6. The highest BCUT2D eigenvalue weighted by atomic mass is 35.5. The molecule has 0 unspecified atom stereocenters. The zero-order chi connectivity index (χ0) is 22.8. The fraction of sp³-hybridized carbons (Fsp3) is 0.409. The highest BCUT2D eigenvalue weighted by Crippen LogP contribution is 2.30. The van der Waals surface area contributed by atoms with Crippen molar-refractivity contribution in [2.75, 3.05) is 10.6 Å². The highest BCUT2D eigenvalue weighted by Gasteiger charge is 2.32. The van der Waals surface area contributed by atoms with E-state index < -0.39 is 16.1 Å². The van der Waals surface area contributed by atoms with Gasteiger partial charge in [-0.1, -0.05) is 42.3 Å². The SMILES string of the molecule is CC[C@@H](C(=O)N[C@@H](C)c1cc(C)c(C)cc1C)N(c1cc(Cl)cc(Cl)c1)S(C)(=O)=O. The maximum absolute atomic E-state index is 13.2. The largest absolute Gasteiger partial charge is 0.348 e. The Balaban J connectivity index is 2.40. The van der Waals surface area contributed by atoms with Crippen LogP contribution >= 0.6 is 23.2 Å². The molecule has 0 spiro atoms. The Labute approximate surface area is 189 Å². The van der Waals surface area contributed by atoms with E-state index in [4.69, 9.17) is 23.2 Å². The van der Waals surface area contributed by atoms with Gasteiger partial charge in [-0.25, -0.2) is 8.42 Å². The van der Waals surface area contributed by atoms with Gasteiger partial charge in [-0.05, 0) is 74.6 Å². The van der Waals surface area contributed by atoms with Crippen LogP contribution in [0, 0.1) is 20.8 Å². The zero-order valence-electron chi connectivity index (χ0n) is 18.1. The predicted octanol–water partition coefficient (Wildman–Crippen LogP) is 5.34. The van der Waals surface area contributed by atoms with Crippen LogP contribution in [0.25, 0.3) is 0 Å². The third-order valence-corrected chi connectivity index (χ3v) is 6.76. The van der Waals surface area contributed by atoms with Crippen molar-refractivity contribution in [2.45, 2.75) is 53.1 Å². The van der Waals surface area contributed by atoms with Gasteiger partial charge >= 0.3 is 0 Å². The summed E-state index contributed by atoms with van der Waals surface area (Å²) in [7, 11) is -3.77. The van der Waals surface area contributed by atoms with Crippen LogP contribution in [0.1, 0.15) is 48.6 Å². The minimum atomic E-state index is -3.77. The summed E-state index contributed by atoms with van der Waals surface area (Å²) in [4.78, 5) is 13.2. The number of halogens is 2. The molecule has 1 N–H and O–H groups in total. The summed E-state index contributed by atoms with van der Waals surface area (Å²) in [5.74, 6) is -0.385. The second-order valence-corrected chi connectivity index (χ2v) is 10.4. The molecule has 0 bridgehead atoms. The first-order chi connectivity index (χ1) is 13.8. The Morgan fingerprint density at radius 1 is 1.00 bits per heavy atom. The molecular formula is C22H28Cl2N2O3S. The van der Waals surface area contributed by atoms with Crippen LogP contribution in [-0.4, -0.2) is 26.6 Å². The topological polar surface area (TPSA) is 66.5 Å². The van der Waals surface area contributed by atoms with Crippen molar-refractivity contribution in [3.05, 3.63) is 62.6 Å². The number of nitrogens with one attached hydrogen (secondary N) is 1. The van der Waals surface area contributed by atoms with E-state index in [0.717, 1.165) is 27.3 Å². The second kappa shape index (κ2) is 9.58. The quantitative estimate of drug-likeness (QED) is 0.593. The molecule has 164 valence electrons. The van der Waals surface area contributed by atoms with E-state index in [0.29, 0.717) is 10.0 Å². The van der Waals surface area contributed by atoms with Crippen LogP contribution in [0.15, 0.2) is 30.3 Å². The molecule has 0 aromatic heterocycles. The number of hydrogen-bond donors (Lipinski definition) is 1. The van der Waals surface area contributed by atoms with Gasteiger partial charge in [-0.2, -0.15) is 0 Å². The number of nitrogens with zero attached hydrogens (tertiary/aromatic N) is 1. The smallest absolute Gasteiger partial charge is 0.244 e. The first-order valence-electron chi connectivity index (χ1n) is 9.68. The van der Waals surface area contributed by atoms with Crippen LogP contribution < -0.4 is 9.62 Å². The molecule has 2 aromatic carbocycles. The average Bonchev–Trinajstić information content (AvgIpc) is 2.60. The van der Waals surface area contributed by atoms with Crippen molar-refractivity contribution < 1.29 is 13.2 Å². The van der Waals surface area contributed by atoms with Gasteiger partial charge in [0.25, 0.3) is 0 Å². The van der Waals surface area contributed by atoms with Crippen molar-refractivity contribution in [2.24, 2.45) is 0 Å². The number of benzene rings is 2. The number of hydrogen-bond acceptors (Lipinski definition) is 3. The molecule has 0 heterocycles. The predicted molar refractivity (Wildman–Crippen MR) is 125 cm³/mol. The van der Waals surface area contributed by atoms with Gasteiger partial charge in [0.05, 0.1) is 18.0 Å². The molecule has 0 saturated heterocycles. The summed E-state index contributed by atoms with van der Waals surface area (Å²) >= 11 is 12.1.